The molecule has 2 aliphatic heterocycles. The van der Waals surface area contributed by atoms with E-state index >= 15 is 0 Å². The average molecular weight is 280 g/mol. The average Bonchev–Trinajstić information content (AvgIpc) is 2.45. The molecule has 0 N–H and O–H groups in total. The molecule has 0 aromatic heterocycles. The molecule has 1 atom stereocenters. The monoisotopic (exact) mass is 280 g/mol. The summed E-state index contributed by atoms with van der Waals surface area (Å²) >= 11 is 0. The second kappa shape index (κ2) is 7.65. The highest BCUT2D eigenvalue weighted by Crippen LogP contribution is 2.21. The fourth-order valence-electron chi connectivity index (χ4n) is 3.35. The molecule has 4 nitrogen and oxygen atoms in total. The van der Waals surface area contributed by atoms with Crippen LogP contribution < -0.4 is 0 Å². The first-order valence-electron chi connectivity index (χ1n) is 8.29. The van der Waals surface area contributed by atoms with Crippen LogP contribution in [0.3, 0.4) is 0 Å². The van der Waals surface area contributed by atoms with Gasteiger partial charge in [-0.2, -0.15) is 0 Å². The van der Waals surface area contributed by atoms with E-state index in [1.807, 2.05) is 11.8 Å². The predicted octanol–water partition coefficient (Wildman–Crippen LogP) is 2.43. The summed E-state index contributed by atoms with van der Waals surface area (Å²) in [4.78, 5) is 28.4. The molecule has 0 bridgehead atoms. The topological polar surface area (TPSA) is 40.6 Å². The van der Waals surface area contributed by atoms with Gasteiger partial charge < -0.3 is 9.80 Å². The van der Waals surface area contributed by atoms with E-state index < -0.39 is 0 Å². The lowest BCUT2D eigenvalue weighted by Gasteiger charge is -2.35. The van der Waals surface area contributed by atoms with Gasteiger partial charge in [0.15, 0.2) is 0 Å². The van der Waals surface area contributed by atoms with Crippen molar-refractivity contribution in [2.75, 3.05) is 26.2 Å². The van der Waals surface area contributed by atoms with Crippen molar-refractivity contribution in [2.24, 2.45) is 5.92 Å². The highest BCUT2D eigenvalue weighted by molar-refractivity contribution is 5.81. The lowest BCUT2D eigenvalue weighted by atomic mass is 9.95. The minimum Gasteiger partial charge on any atom is -0.342 e. The second-order valence-corrected chi connectivity index (χ2v) is 6.13. The molecule has 2 aliphatic rings. The lowest BCUT2D eigenvalue weighted by Crippen LogP contribution is -2.47. The largest absolute Gasteiger partial charge is 0.342 e. The van der Waals surface area contributed by atoms with Gasteiger partial charge >= 0.3 is 0 Å². The van der Waals surface area contributed by atoms with Gasteiger partial charge in [0.1, 0.15) is 0 Å². The van der Waals surface area contributed by atoms with Crippen LogP contribution in [0.5, 0.6) is 0 Å². The van der Waals surface area contributed by atoms with Crippen LogP contribution in [0, 0.1) is 5.92 Å². The van der Waals surface area contributed by atoms with Crippen LogP contribution in [0.2, 0.25) is 0 Å². The van der Waals surface area contributed by atoms with Gasteiger partial charge in [-0.25, -0.2) is 0 Å². The van der Waals surface area contributed by atoms with Crippen LogP contribution in [0.25, 0.3) is 0 Å². The maximum Gasteiger partial charge on any atom is 0.227 e. The Morgan fingerprint density at radius 3 is 2.15 bits per heavy atom. The van der Waals surface area contributed by atoms with E-state index in [1.165, 1.54) is 19.3 Å². The molecule has 2 saturated heterocycles. The van der Waals surface area contributed by atoms with Gasteiger partial charge in [0.05, 0.1) is 5.92 Å². The first-order chi connectivity index (χ1) is 9.72. The fraction of sp³-hybridized carbons (Fsp3) is 0.875. The van der Waals surface area contributed by atoms with Gasteiger partial charge in [0.2, 0.25) is 11.8 Å². The number of hydrogen-bond acceptors (Lipinski definition) is 2. The highest BCUT2D eigenvalue weighted by Gasteiger charge is 2.30. The van der Waals surface area contributed by atoms with Crippen molar-refractivity contribution in [1.82, 2.24) is 9.80 Å². The van der Waals surface area contributed by atoms with E-state index in [-0.39, 0.29) is 11.8 Å². The number of carbonyl (C=O) groups is 2. The van der Waals surface area contributed by atoms with Crippen LogP contribution in [0.4, 0.5) is 0 Å². The summed E-state index contributed by atoms with van der Waals surface area (Å²) in [5.41, 5.74) is 0. The van der Waals surface area contributed by atoms with Gasteiger partial charge in [-0.1, -0.05) is 26.2 Å². The molecular weight excluding hydrogens is 252 g/mol. The maximum atomic E-state index is 12.7. The van der Waals surface area contributed by atoms with Gasteiger partial charge in [-0.3, -0.25) is 9.59 Å². The summed E-state index contributed by atoms with van der Waals surface area (Å²) < 4.78 is 0. The number of rotatable bonds is 2. The Labute approximate surface area is 122 Å². The van der Waals surface area contributed by atoms with Crippen molar-refractivity contribution in [3.8, 4) is 0 Å². The minimum absolute atomic E-state index is 0.0404. The fourth-order valence-corrected chi connectivity index (χ4v) is 3.35. The molecule has 0 saturated carbocycles. The van der Waals surface area contributed by atoms with Crippen molar-refractivity contribution < 1.29 is 9.59 Å². The molecule has 0 aromatic carbocycles. The molecule has 2 fully saturated rings. The third-order valence-corrected chi connectivity index (χ3v) is 4.59. The zero-order valence-corrected chi connectivity index (χ0v) is 12.8. The zero-order chi connectivity index (χ0) is 14.4. The van der Waals surface area contributed by atoms with Crippen LogP contribution in [0.1, 0.15) is 58.3 Å². The van der Waals surface area contributed by atoms with Crippen molar-refractivity contribution >= 4 is 11.8 Å². The second-order valence-electron chi connectivity index (χ2n) is 6.13. The molecule has 0 spiro atoms. The Hall–Kier alpha value is -1.06. The van der Waals surface area contributed by atoms with Crippen LogP contribution >= 0.6 is 0 Å². The normalized spacial score (nSPS) is 24.9. The van der Waals surface area contributed by atoms with Crippen LogP contribution in [0.15, 0.2) is 0 Å². The lowest BCUT2D eigenvalue weighted by molar-refractivity contribution is -0.141. The number of amides is 2. The SMILES string of the molecule is CCC(=O)N1CCC[C@H](C(=O)N2CCCCCCC2)C1. The Kier molecular flexibility index (Phi) is 5.86. The summed E-state index contributed by atoms with van der Waals surface area (Å²) in [6.07, 6.45) is 8.53. The smallest absolute Gasteiger partial charge is 0.227 e. The number of carbonyl (C=O) groups excluding carboxylic acids is 2. The molecule has 0 aromatic rings. The zero-order valence-electron chi connectivity index (χ0n) is 12.8. The Balaban J connectivity index is 1.91. The number of hydrogen-bond donors (Lipinski definition) is 0. The van der Waals surface area contributed by atoms with Gasteiger partial charge in [-0.15, -0.1) is 0 Å². The van der Waals surface area contributed by atoms with Crippen molar-refractivity contribution in [3.63, 3.8) is 0 Å². The quantitative estimate of drug-likeness (QED) is 0.779. The maximum absolute atomic E-state index is 12.7. The Morgan fingerprint density at radius 1 is 0.900 bits per heavy atom. The number of piperidine rings is 1. The summed E-state index contributed by atoms with van der Waals surface area (Å²) in [6.45, 7) is 5.19. The van der Waals surface area contributed by atoms with Gasteiger partial charge in [0.25, 0.3) is 0 Å². The van der Waals surface area contributed by atoms with Crippen LogP contribution in [-0.4, -0.2) is 47.8 Å². The van der Waals surface area contributed by atoms with Crippen LogP contribution in [-0.2, 0) is 9.59 Å². The van der Waals surface area contributed by atoms with Crippen molar-refractivity contribution in [1.29, 1.82) is 0 Å². The minimum atomic E-state index is 0.0404. The van der Waals surface area contributed by atoms with Gasteiger partial charge in [0, 0.05) is 32.6 Å². The summed E-state index contributed by atoms with van der Waals surface area (Å²) in [6, 6.07) is 0. The Morgan fingerprint density at radius 2 is 1.50 bits per heavy atom. The van der Waals surface area contributed by atoms with E-state index in [1.54, 1.807) is 0 Å². The van der Waals surface area contributed by atoms with Crippen molar-refractivity contribution in [3.05, 3.63) is 0 Å². The highest BCUT2D eigenvalue weighted by atomic mass is 16.2. The summed E-state index contributed by atoms with van der Waals surface area (Å²) in [5, 5.41) is 0. The van der Waals surface area contributed by atoms with E-state index in [2.05, 4.69) is 4.90 Å². The van der Waals surface area contributed by atoms with Crippen molar-refractivity contribution in [2.45, 2.75) is 58.3 Å². The number of nitrogens with zero attached hydrogens (tertiary/aromatic N) is 2. The van der Waals surface area contributed by atoms with Gasteiger partial charge in [-0.05, 0) is 25.7 Å². The summed E-state index contributed by atoms with van der Waals surface area (Å²) in [5.74, 6) is 0.523. The molecular formula is C16H28N2O2. The molecule has 2 heterocycles. The molecule has 0 radical (unpaired) electrons. The molecule has 114 valence electrons. The Bertz CT molecular complexity index is 335. The van der Waals surface area contributed by atoms with E-state index in [0.29, 0.717) is 18.9 Å². The molecule has 0 aliphatic carbocycles. The standard InChI is InChI=1S/C16H28N2O2/c1-2-15(19)18-12-8-9-14(13-18)16(20)17-10-6-4-3-5-7-11-17/h14H,2-13H2,1H3/t14-/m0/s1. The molecule has 2 rings (SSSR count). The first kappa shape index (κ1) is 15.3. The molecule has 4 heteroatoms. The van der Waals surface area contributed by atoms with E-state index in [0.717, 1.165) is 45.3 Å². The van der Waals surface area contributed by atoms with E-state index in [4.69, 9.17) is 0 Å². The summed E-state index contributed by atoms with van der Waals surface area (Å²) in [7, 11) is 0. The molecule has 0 unspecified atom stereocenters. The third kappa shape index (κ3) is 3.97. The van der Waals surface area contributed by atoms with E-state index in [9.17, 15) is 9.59 Å². The third-order valence-electron chi connectivity index (χ3n) is 4.59. The number of likely N-dealkylation sites (tertiary alicyclic amines) is 2. The predicted molar refractivity (Wildman–Crippen MR) is 79.3 cm³/mol. The molecule has 20 heavy (non-hydrogen) atoms. The first-order valence-corrected chi connectivity index (χ1v) is 8.29. The molecule has 2 amide bonds.